The van der Waals surface area contributed by atoms with Crippen LogP contribution in [0.1, 0.15) is 65.6 Å². The Hall–Kier alpha value is -4.48. The summed E-state index contributed by atoms with van der Waals surface area (Å²) >= 11 is 0. The van der Waals surface area contributed by atoms with Gasteiger partial charge in [-0.2, -0.15) is 22.4 Å². The highest BCUT2D eigenvalue weighted by atomic mass is 19.4. The average Bonchev–Trinajstić information content (AvgIpc) is 3.54. The number of carbonyl (C=O) groups is 4. The number of pyridine rings is 2. The number of ether oxygens (including phenoxy) is 2. The van der Waals surface area contributed by atoms with Crippen molar-refractivity contribution in [3.63, 3.8) is 0 Å². The molecule has 0 spiro atoms. The summed E-state index contributed by atoms with van der Waals surface area (Å²) in [6, 6.07) is 0.611. The van der Waals surface area contributed by atoms with Gasteiger partial charge >= 0.3 is 24.3 Å². The number of likely N-dealkylation sites (tertiary alicyclic amines) is 2. The van der Waals surface area contributed by atoms with Crippen LogP contribution in [0.15, 0.2) is 30.5 Å². The van der Waals surface area contributed by atoms with Crippen molar-refractivity contribution in [1.29, 1.82) is 0 Å². The smallest absolute Gasteiger partial charge is 0.444 e. The van der Waals surface area contributed by atoms with Gasteiger partial charge in [-0.15, -0.1) is 0 Å². The van der Waals surface area contributed by atoms with Gasteiger partial charge in [0.05, 0.1) is 18.7 Å². The van der Waals surface area contributed by atoms with Crippen molar-refractivity contribution >= 4 is 24.1 Å². The second-order valence-corrected chi connectivity index (χ2v) is 14.0. The molecule has 5 unspecified atom stereocenters. The van der Waals surface area contributed by atoms with Gasteiger partial charge in [0.25, 0.3) is 5.91 Å². The van der Waals surface area contributed by atoms with Crippen LogP contribution in [0.4, 0.5) is 35.9 Å². The molecule has 0 bridgehead atoms. The number of rotatable bonds is 5. The summed E-state index contributed by atoms with van der Waals surface area (Å²) in [5, 5.41) is 2.45. The third-order valence-electron chi connectivity index (χ3n) is 7.53. The monoisotopic (exact) mass is 718 g/mol. The summed E-state index contributed by atoms with van der Waals surface area (Å²) in [4.78, 5) is 67.1. The lowest BCUT2D eigenvalue weighted by molar-refractivity contribution is -1.03. The van der Waals surface area contributed by atoms with E-state index >= 15 is 4.39 Å². The molecule has 2 aliphatic rings. The molecule has 0 aliphatic carbocycles. The summed E-state index contributed by atoms with van der Waals surface area (Å²) in [6.07, 6.45) is -10.9. The average molecular weight is 719 g/mol. The Morgan fingerprint density at radius 1 is 0.960 bits per heavy atom. The molecule has 5 atom stereocenters. The first-order chi connectivity index (χ1) is 23.0. The standard InChI is InChI=1S/C32H37F6N5O7/c1-30(2,3)48-28(46)42-15-19(33)11-22(42)27(45)50-43(29(47)49-31(4,5)6)16-20(34)12-23(43)26(44)40-13-17-9-21(41-25(35)10-17)18-7-8-24(39-14-18)32(36,37)38/h7-10,14,19-20,22-23H,11-13,15-16H2,1-6H3/p+1. The molecule has 2 fully saturated rings. The van der Waals surface area contributed by atoms with Crippen molar-refractivity contribution in [2.45, 2.75) is 103 Å². The molecule has 274 valence electrons. The van der Waals surface area contributed by atoms with E-state index in [2.05, 4.69) is 15.3 Å². The Kier molecular flexibility index (Phi) is 10.8. The molecule has 0 aromatic carbocycles. The minimum atomic E-state index is -4.70. The zero-order valence-electron chi connectivity index (χ0n) is 28.1. The van der Waals surface area contributed by atoms with E-state index in [-0.39, 0.29) is 16.8 Å². The fourth-order valence-electron chi connectivity index (χ4n) is 5.46. The summed E-state index contributed by atoms with van der Waals surface area (Å²) in [6.45, 7) is 7.32. The molecule has 0 saturated carbocycles. The van der Waals surface area contributed by atoms with Gasteiger partial charge in [0.1, 0.15) is 29.1 Å². The Bertz CT molecular complexity index is 1610. The summed E-state index contributed by atoms with van der Waals surface area (Å²) in [5.74, 6) is -3.36. The Balaban J connectivity index is 1.60. The second kappa shape index (κ2) is 14.0. The van der Waals surface area contributed by atoms with Crippen molar-refractivity contribution in [2.24, 2.45) is 0 Å². The molecular formula is C32H38F6N5O7+. The number of hydrogen-bond acceptors (Lipinski definition) is 9. The number of alkyl halides is 5. The third kappa shape index (κ3) is 9.19. The molecule has 2 aromatic rings. The van der Waals surface area contributed by atoms with Crippen molar-refractivity contribution < 1.29 is 64.5 Å². The SMILES string of the molecule is CC(C)(C)OC(=O)N1CC(F)CC1C(=O)O[N+]1(C(=O)OC(C)(C)C)CC(F)CC1C(=O)NCc1cc(F)nc(-c2ccc(C(F)(F)F)nc2)c1. The number of amides is 3. The van der Waals surface area contributed by atoms with E-state index in [4.69, 9.17) is 14.3 Å². The number of hydroxylamine groups is 3. The van der Waals surface area contributed by atoms with Gasteiger partial charge in [0.15, 0.2) is 12.7 Å². The number of hydrogen-bond donors (Lipinski definition) is 1. The van der Waals surface area contributed by atoms with Gasteiger partial charge < -0.3 is 14.8 Å². The molecule has 4 rings (SSSR count). The minimum Gasteiger partial charge on any atom is -0.444 e. The van der Waals surface area contributed by atoms with Crippen molar-refractivity contribution in [3.05, 3.63) is 47.7 Å². The topological polar surface area (TPSA) is 137 Å². The first-order valence-corrected chi connectivity index (χ1v) is 15.6. The van der Waals surface area contributed by atoms with E-state index < -0.39 is 115 Å². The second-order valence-electron chi connectivity index (χ2n) is 14.0. The maximum absolute atomic E-state index is 15.2. The van der Waals surface area contributed by atoms with Gasteiger partial charge in [-0.25, -0.2) is 23.4 Å². The zero-order chi connectivity index (χ0) is 37.4. The van der Waals surface area contributed by atoms with Crippen LogP contribution in [0.3, 0.4) is 0 Å². The van der Waals surface area contributed by atoms with Gasteiger partial charge in [-0.1, -0.05) is 0 Å². The van der Waals surface area contributed by atoms with Crippen LogP contribution in [0, 0.1) is 5.95 Å². The van der Waals surface area contributed by atoms with Crippen LogP contribution >= 0.6 is 0 Å². The van der Waals surface area contributed by atoms with E-state index in [1.54, 1.807) is 20.8 Å². The molecular weight excluding hydrogens is 680 g/mol. The predicted octanol–water partition coefficient (Wildman–Crippen LogP) is 5.59. The lowest BCUT2D eigenvalue weighted by Gasteiger charge is -2.34. The maximum Gasteiger partial charge on any atom is 0.560 e. The zero-order valence-corrected chi connectivity index (χ0v) is 28.1. The highest BCUT2D eigenvalue weighted by Gasteiger charge is 2.64. The van der Waals surface area contributed by atoms with E-state index in [1.165, 1.54) is 26.8 Å². The fourth-order valence-corrected chi connectivity index (χ4v) is 5.46. The van der Waals surface area contributed by atoms with Crippen molar-refractivity contribution in [1.82, 2.24) is 20.2 Å². The molecule has 4 heterocycles. The number of quaternary nitrogens is 1. The van der Waals surface area contributed by atoms with Crippen molar-refractivity contribution in [2.75, 3.05) is 13.1 Å². The van der Waals surface area contributed by atoms with E-state index in [0.717, 1.165) is 23.2 Å². The number of aromatic nitrogens is 2. The Labute approximate surface area is 283 Å². The molecule has 0 radical (unpaired) electrons. The molecule has 3 amide bonds. The Morgan fingerprint density at radius 3 is 2.20 bits per heavy atom. The normalized spacial score (nSPS) is 24.1. The lowest BCUT2D eigenvalue weighted by atomic mass is 10.1. The summed E-state index contributed by atoms with van der Waals surface area (Å²) in [5.41, 5.74) is -3.37. The predicted molar refractivity (Wildman–Crippen MR) is 161 cm³/mol. The van der Waals surface area contributed by atoms with Crippen LogP contribution in [0.5, 0.6) is 0 Å². The molecule has 50 heavy (non-hydrogen) atoms. The largest absolute Gasteiger partial charge is 0.560 e. The number of carbonyl (C=O) groups excluding carboxylic acids is 4. The number of nitrogens with zero attached hydrogens (tertiary/aromatic N) is 4. The highest BCUT2D eigenvalue weighted by molar-refractivity contribution is 5.85. The highest BCUT2D eigenvalue weighted by Crippen LogP contribution is 2.35. The fraction of sp³-hybridized carbons (Fsp3) is 0.562. The first kappa shape index (κ1) is 38.3. The van der Waals surface area contributed by atoms with Gasteiger partial charge in [-0.3, -0.25) is 19.5 Å². The molecule has 1 N–H and O–H groups in total. The van der Waals surface area contributed by atoms with Crippen LogP contribution in [0.2, 0.25) is 0 Å². The van der Waals surface area contributed by atoms with Crippen LogP contribution in [-0.2, 0) is 36.6 Å². The quantitative estimate of drug-likeness (QED) is 0.239. The maximum atomic E-state index is 15.2. The van der Waals surface area contributed by atoms with Gasteiger partial charge in [0, 0.05) is 24.7 Å². The van der Waals surface area contributed by atoms with Crippen LogP contribution in [-0.4, -0.2) is 92.3 Å². The molecule has 12 nitrogen and oxygen atoms in total. The molecule has 2 saturated heterocycles. The summed E-state index contributed by atoms with van der Waals surface area (Å²) < 4.78 is 92.2. The van der Waals surface area contributed by atoms with Crippen molar-refractivity contribution in [3.8, 4) is 11.3 Å². The van der Waals surface area contributed by atoms with Crippen LogP contribution < -0.4 is 5.32 Å². The van der Waals surface area contributed by atoms with E-state index in [0.29, 0.717) is 6.07 Å². The lowest BCUT2D eigenvalue weighted by Crippen LogP contribution is -2.63. The molecule has 2 aliphatic heterocycles. The van der Waals surface area contributed by atoms with Gasteiger partial charge in [0.2, 0.25) is 12.0 Å². The summed E-state index contributed by atoms with van der Waals surface area (Å²) in [7, 11) is 0. The minimum absolute atomic E-state index is 0.0384. The first-order valence-electron chi connectivity index (χ1n) is 15.6. The van der Waals surface area contributed by atoms with E-state index in [1.807, 2.05) is 0 Å². The van der Waals surface area contributed by atoms with E-state index in [9.17, 15) is 41.1 Å². The molecule has 2 aromatic heterocycles. The van der Waals surface area contributed by atoms with Gasteiger partial charge in [-0.05, 0) is 76.0 Å². The number of nitrogens with one attached hydrogen (secondary N) is 1. The third-order valence-corrected chi connectivity index (χ3v) is 7.53. The Morgan fingerprint density at radius 2 is 1.62 bits per heavy atom. The molecule has 18 heteroatoms. The number of halogens is 6. The van der Waals surface area contributed by atoms with Crippen LogP contribution in [0.25, 0.3) is 11.3 Å².